The van der Waals surface area contributed by atoms with Crippen molar-refractivity contribution in [2.45, 2.75) is 12.8 Å². The summed E-state index contributed by atoms with van der Waals surface area (Å²) in [6, 6.07) is 18.9. The molecule has 3 rings (SSSR count). The summed E-state index contributed by atoms with van der Waals surface area (Å²) < 4.78 is 0. The molecule has 6 nitrogen and oxygen atoms in total. The third-order valence-corrected chi connectivity index (χ3v) is 4.48. The number of urea groups is 1. The second kappa shape index (κ2) is 8.29. The number of likely N-dealkylation sites (tertiary alicyclic amines) is 1. The Hall–Kier alpha value is -3.15. The van der Waals surface area contributed by atoms with E-state index in [1.54, 1.807) is 0 Å². The van der Waals surface area contributed by atoms with Crippen molar-refractivity contribution in [3.8, 4) is 0 Å². The number of carbonyl (C=O) groups is 2. The first kappa shape index (κ1) is 17.7. The van der Waals surface area contributed by atoms with Crippen LogP contribution in [-0.4, -0.2) is 35.6 Å². The largest absolute Gasteiger partial charge is 0.351 e. The smallest absolute Gasteiger partial charge is 0.314 e. The maximum Gasteiger partial charge on any atom is 0.314 e. The van der Waals surface area contributed by atoms with Crippen LogP contribution in [0, 0.1) is 5.92 Å². The van der Waals surface area contributed by atoms with E-state index in [-0.39, 0.29) is 11.8 Å². The van der Waals surface area contributed by atoms with Crippen LogP contribution in [-0.2, 0) is 4.79 Å². The maximum absolute atomic E-state index is 12.5. The number of hydrogen-bond acceptors (Lipinski definition) is 3. The van der Waals surface area contributed by atoms with Crippen molar-refractivity contribution in [3.05, 3.63) is 71.8 Å². The summed E-state index contributed by atoms with van der Waals surface area (Å²) in [4.78, 5) is 25.4. The lowest BCUT2D eigenvalue weighted by molar-refractivity contribution is -0.126. The zero-order chi connectivity index (χ0) is 18.4. The first-order valence-electron chi connectivity index (χ1n) is 8.68. The van der Waals surface area contributed by atoms with Crippen LogP contribution in [0.25, 0.3) is 0 Å². The van der Waals surface area contributed by atoms with E-state index >= 15 is 0 Å². The summed E-state index contributed by atoms with van der Waals surface area (Å²) in [6.07, 6.45) is 1.48. The minimum absolute atomic E-state index is 0.194. The number of nitrogens with zero attached hydrogens (tertiary/aromatic N) is 2. The number of carbonyl (C=O) groups excluding carboxylic acids is 2. The molecule has 1 aliphatic heterocycles. The minimum Gasteiger partial charge on any atom is -0.351 e. The molecule has 0 saturated carbocycles. The zero-order valence-electron chi connectivity index (χ0n) is 14.5. The molecule has 0 aromatic heterocycles. The number of benzene rings is 2. The van der Waals surface area contributed by atoms with Crippen LogP contribution >= 0.6 is 0 Å². The first-order valence-corrected chi connectivity index (χ1v) is 8.68. The van der Waals surface area contributed by atoms with Crippen molar-refractivity contribution in [2.75, 3.05) is 13.1 Å². The zero-order valence-corrected chi connectivity index (χ0v) is 14.5. The summed E-state index contributed by atoms with van der Waals surface area (Å²) in [6.45, 7) is 0.935. The van der Waals surface area contributed by atoms with E-state index in [4.69, 9.17) is 5.73 Å². The highest BCUT2D eigenvalue weighted by atomic mass is 16.2. The first-order chi connectivity index (χ1) is 12.6. The van der Waals surface area contributed by atoms with Gasteiger partial charge in [-0.2, -0.15) is 5.10 Å². The van der Waals surface area contributed by atoms with Gasteiger partial charge in [0.2, 0.25) is 5.91 Å². The van der Waals surface area contributed by atoms with Crippen LogP contribution in [0.1, 0.15) is 24.0 Å². The second-order valence-corrected chi connectivity index (χ2v) is 6.29. The Morgan fingerprint density at radius 3 is 2.12 bits per heavy atom. The lowest BCUT2D eigenvalue weighted by Gasteiger charge is -2.30. The van der Waals surface area contributed by atoms with Crippen LogP contribution in [0.15, 0.2) is 65.8 Å². The Morgan fingerprint density at radius 1 is 1.00 bits per heavy atom. The van der Waals surface area contributed by atoms with Gasteiger partial charge in [-0.05, 0) is 12.8 Å². The predicted molar refractivity (Wildman–Crippen MR) is 101 cm³/mol. The molecule has 0 aliphatic carbocycles. The molecule has 0 unspecified atom stereocenters. The Balaban J connectivity index is 1.78. The second-order valence-electron chi connectivity index (χ2n) is 6.29. The Labute approximate surface area is 152 Å². The monoisotopic (exact) mass is 350 g/mol. The fourth-order valence-electron chi connectivity index (χ4n) is 3.08. The van der Waals surface area contributed by atoms with Gasteiger partial charge in [-0.15, -0.1) is 0 Å². The van der Waals surface area contributed by atoms with Crippen LogP contribution in [0.5, 0.6) is 0 Å². The molecule has 3 N–H and O–H groups in total. The molecule has 3 amide bonds. The fourth-order valence-corrected chi connectivity index (χ4v) is 3.08. The molecule has 1 aliphatic rings. The number of piperidine rings is 1. The molecule has 0 spiro atoms. The van der Waals surface area contributed by atoms with Gasteiger partial charge in [0.05, 0.1) is 11.6 Å². The van der Waals surface area contributed by atoms with Crippen molar-refractivity contribution in [2.24, 2.45) is 16.8 Å². The molecule has 2 aromatic carbocycles. The molecular weight excluding hydrogens is 328 g/mol. The SMILES string of the molecule is NC(=O)N1CCC[C@@H](C(=O)NN=C(c2ccccc2)c2ccccc2)C1. The number of nitrogens with one attached hydrogen (secondary N) is 1. The predicted octanol–water partition coefficient (Wildman–Crippen LogP) is 2.35. The molecule has 134 valence electrons. The van der Waals surface area contributed by atoms with Gasteiger partial charge in [0, 0.05) is 24.2 Å². The Kier molecular flexibility index (Phi) is 5.63. The lowest BCUT2D eigenvalue weighted by Crippen LogP contribution is -2.46. The number of hydrogen-bond donors (Lipinski definition) is 2. The molecule has 2 aromatic rings. The van der Waals surface area contributed by atoms with E-state index in [9.17, 15) is 9.59 Å². The quantitative estimate of drug-likeness (QED) is 0.655. The van der Waals surface area contributed by atoms with Crippen LogP contribution in [0.4, 0.5) is 4.79 Å². The normalized spacial score (nSPS) is 16.6. The molecule has 26 heavy (non-hydrogen) atoms. The van der Waals surface area contributed by atoms with Gasteiger partial charge in [-0.25, -0.2) is 10.2 Å². The van der Waals surface area contributed by atoms with Gasteiger partial charge in [0.25, 0.3) is 0 Å². The highest BCUT2D eigenvalue weighted by Gasteiger charge is 2.27. The van der Waals surface area contributed by atoms with E-state index in [1.807, 2.05) is 60.7 Å². The van der Waals surface area contributed by atoms with E-state index in [0.717, 1.165) is 24.0 Å². The molecule has 1 saturated heterocycles. The van der Waals surface area contributed by atoms with Crippen LogP contribution in [0.2, 0.25) is 0 Å². The van der Waals surface area contributed by atoms with Gasteiger partial charge < -0.3 is 10.6 Å². The van der Waals surface area contributed by atoms with Crippen LogP contribution < -0.4 is 11.2 Å². The number of hydrazone groups is 1. The van der Waals surface area contributed by atoms with Gasteiger partial charge in [0.15, 0.2) is 0 Å². The molecule has 1 atom stereocenters. The van der Waals surface area contributed by atoms with Crippen molar-refractivity contribution >= 4 is 17.6 Å². The van der Waals surface area contributed by atoms with E-state index in [2.05, 4.69) is 10.5 Å². The number of rotatable bonds is 4. The molecule has 0 radical (unpaired) electrons. The van der Waals surface area contributed by atoms with Crippen molar-refractivity contribution in [1.82, 2.24) is 10.3 Å². The molecular formula is C20H22N4O2. The molecule has 1 fully saturated rings. The van der Waals surface area contributed by atoms with Crippen molar-refractivity contribution in [1.29, 1.82) is 0 Å². The molecule has 6 heteroatoms. The average Bonchev–Trinajstić information content (AvgIpc) is 2.69. The highest BCUT2D eigenvalue weighted by Crippen LogP contribution is 2.17. The van der Waals surface area contributed by atoms with Crippen LogP contribution in [0.3, 0.4) is 0 Å². The topological polar surface area (TPSA) is 87.8 Å². The maximum atomic E-state index is 12.5. The minimum atomic E-state index is -0.486. The molecule has 0 bridgehead atoms. The lowest BCUT2D eigenvalue weighted by atomic mass is 9.98. The Bertz CT molecular complexity index is 748. The van der Waals surface area contributed by atoms with Gasteiger partial charge in [-0.3, -0.25) is 4.79 Å². The van der Waals surface area contributed by atoms with Crippen molar-refractivity contribution in [3.63, 3.8) is 0 Å². The van der Waals surface area contributed by atoms with Gasteiger partial charge in [0.1, 0.15) is 0 Å². The van der Waals surface area contributed by atoms with E-state index in [0.29, 0.717) is 18.8 Å². The van der Waals surface area contributed by atoms with E-state index in [1.165, 1.54) is 4.90 Å². The fraction of sp³-hybridized carbons (Fsp3) is 0.250. The number of amides is 3. The summed E-state index contributed by atoms with van der Waals surface area (Å²) in [5.74, 6) is -0.492. The third kappa shape index (κ3) is 4.27. The van der Waals surface area contributed by atoms with Gasteiger partial charge >= 0.3 is 6.03 Å². The highest BCUT2D eigenvalue weighted by molar-refractivity contribution is 6.13. The number of nitrogens with two attached hydrogens (primary N) is 1. The molecule has 1 heterocycles. The number of primary amides is 1. The summed E-state index contributed by atoms with van der Waals surface area (Å²) >= 11 is 0. The average molecular weight is 350 g/mol. The summed E-state index contributed by atoms with van der Waals surface area (Å²) in [7, 11) is 0. The third-order valence-electron chi connectivity index (χ3n) is 4.48. The standard InChI is InChI=1S/C20H22N4O2/c21-20(26)24-13-7-12-17(14-24)19(25)23-22-18(15-8-3-1-4-9-15)16-10-5-2-6-11-16/h1-6,8-11,17H,7,12-14H2,(H2,21,26)(H,23,25)/t17-/m1/s1. The van der Waals surface area contributed by atoms with Gasteiger partial charge in [-0.1, -0.05) is 60.7 Å². The Morgan fingerprint density at radius 2 is 1.58 bits per heavy atom. The van der Waals surface area contributed by atoms with Crippen molar-refractivity contribution < 1.29 is 9.59 Å². The summed E-state index contributed by atoms with van der Waals surface area (Å²) in [5.41, 5.74) is 10.5. The summed E-state index contributed by atoms with van der Waals surface area (Å²) in [5, 5.41) is 4.39. The van der Waals surface area contributed by atoms with E-state index < -0.39 is 6.03 Å².